The van der Waals surface area contributed by atoms with Gasteiger partial charge in [-0.2, -0.15) is 0 Å². The Morgan fingerprint density at radius 1 is 1.29 bits per heavy atom. The largest absolute Gasteiger partial charge is 0.339 e. The van der Waals surface area contributed by atoms with Crippen molar-refractivity contribution in [3.05, 3.63) is 18.0 Å². The Labute approximate surface area is 101 Å². The molecule has 0 amide bonds. The molecule has 17 heavy (non-hydrogen) atoms. The van der Waals surface area contributed by atoms with Crippen LogP contribution in [0, 0.1) is 10.8 Å². The van der Waals surface area contributed by atoms with E-state index in [4.69, 9.17) is 0 Å². The SMILES string of the molecule is CCc1cnc(N2C[C@@]3(C)[C@H](F)[C@@]3(C)C2)nc1. The highest BCUT2D eigenvalue weighted by atomic mass is 19.1. The Morgan fingerprint density at radius 3 is 2.29 bits per heavy atom. The fourth-order valence-corrected chi connectivity index (χ4v) is 3.09. The molecular formula is C13H18FN3. The number of hydrogen-bond acceptors (Lipinski definition) is 3. The number of aryl methyl sites for hydroxylation is 1. The second kappa shape index (κ2) is 3.18. The molecule has 3 rings (SSSR count). The zero-order chi connectivity index (χ0) is 12.3. The number of rotatable bonds is 2. The van der Waals surface area contributed by atoms with E-state index in [0.717, 1.165) is 31.0 Å². The van der Waals surface area contributed by atoms with Crippen LogP contribution < -0.4 is 4.90 Å². The number of fused-ring (bicyclic) bond motifs is 1. The van der Waals surface area contributed by atoms with Gasteiger partial charge in [-0.25, -0.2) is 14.4 Å². The van der Waals surface area contributed by atoms with E-state index in [-0.39, 0.29) is 10.8 Å². The first kappa shape index (κ1) is 10.9. The van der Waals surface area contributed by atoms with Crippen LogP contribution in [-0.2, 0) is 6.42 Å². The minimum Gasteiger partial charge on any atom is -0.339 e. The zero-order valence-electron chi connectivity index (χ0n) is 10.6. The van der Waals surface area contributed by atoms with Gasteiger partial charge in [-0.05, 0) is 12.0 Å². The topological polar surface area (TPSA) is 29.0 Å². The van der Waals surface area contributed by atoms with Crippen LogP contribution in [0.3, 0.4) is 0 Å². The molecule has 0 radical (unpaired) electrons. The first-order valence-electron chi connectivity index (χ1n) is 6.21. The summed E-state index contributed by atoms with van der Waals surface area (Å²) in [5.74, 6) is 0.740. The second-order valence-corrected chi connectivity index (χ2v) is 5.80. The number of hydrogen-bond donors (Lipinski definition) is 0. The van der Waals surface area contributed by atoms with Crippen molar-refractivity contribution < 1.29 is 4.39 Å². The van der Waals surface area contributed by atoms with Crippen LogP contribution in [0.15, 0.2) is 12.4 Å². The third kappa shape index (κ3) is 1.27. The monoisotopic (exact) mass is 235 g/mol. The molecule has 1 aromatic heterocycles. The molecule has 1 aliphatic heterocycles. The van der Waals surface area contributed by atoms with Crippen molar-refractivity contribution in [2.45, 2.75) is 33.4 Å². The standard InChI is InChI=1S/C13H18FN3/c1-4-9-5-15-11(16-6-9)17-7-12(2)10(14)13(12,3)8-17/h5-6,10H,4,7-8H2,1-3H3/t10-,12-,13+. The summed E-state index contributed by atoms with van der Waals surface area (Å²) in [6, 6.07) is 0. The van der Waals surface area contributed by atoms with Crippen molar-refractivity contribution in [1.29, 1.82) is 0 Å². The molecule has 1 saturated carbocycles. The molecule has 2 fully saturated rings. The van der Waals surface area contributed by atoms with Gasteiger partial charge in [-0.1, -0.05) is 20.8 Å². The molecule has 0 aromatic carbocycles. The van der Waals surface area contributed by atoms with E-state index in [1.54, 1.807) is 0 Å². The van der Waals surface area contributed by atoms with Crippen LogP contribution in [0.25, 0.3) is 0 Å². The van der Waals surface area contributed by atoms with E-state index in [2.05, 4.69) is 21.8 Å². The van der Waals surface area contributed by atoms with Crippen LogP contribution in [0.2, 0.25) is 0 Å². The minimum atomic E-state index is -0.666. The van der Waals surface area contributed by atoms with Crippen molar-refractivity contribution >= 4 is 5.95 Å². The molecule has 4 heteroatoms. The predicted molar refractivity (Wildman–Crippen MR) is 64.7 cm³/mol. The first-order valence-corrected chi connectivity index (χ1v) is 6.21. The lowest BCUT2D eigenvalue weighted by molar-refractivity contribution is 0.358. The van der Waals surface area contributed by atoms with Gasteiger partial charge in [-0.3, -0.25) is 0 Å². The first-order chi connectivity index (χ1) is 8.01. The van der Waals surface area contributed by atoms with Crippen molar-refractivity contribution in [3.63, 3.8) is 0 Å². The van der Waals surface area contributed by atoms with Crippen molar-refractivity contribution in [2.75, 3.05) is 18.0 Å². The molecule has 2 aliphatic rings. The van der Waals surface area contributed by atoms with Gasteiger partial charge >= 0.3 is 0 Å². The summed E-state index contributed by atoms with van der Waals surface area (Å²) in [6.45, 7) is 7.60. The molecule has 3 nitrogen and oxygen atoms in total. The number of piperidine rings is 1. The summed E-state index contributed by atoms with van der Waals surface area (Å²) in [5.41, 5.74) is 0.749. The van der Waals surface area contributed by atoms with Crippen molar-refractivity contribution in [1.82, 2.24) is 9.97 Å². The van der Waals surface area contributed by atoms with Crippen molar-refractivity contribution in [2.24, 2.45) is 10.8 Å². The summed E-state index contributed by atoms with van der Waals surface area (Å²) < 4.78 is 13.7. The fraction of sp³-hybridized carbons (Fsp3) is 0.692. The molecule has 0 bridgehead atoms. The molecule has 92 valence electrons. The van der Waals surface area contributed by atoms with Gasteiger partial charge in [-0.15, -0.1) is 0 Å². The minimum absolute atomic E-state index is 0.195. The molecule has 3 atom stereocenters. The molecule has 2 heterocycles. The van der Waals surface area contributed by atoms with Gasteiger partial charge in [0, 0.05) is 36.3 Å². The lowest BCUT2D eigenvalue weighted by atomic mass is 10.0. The number of alkyl halides is 1. The van der Waals surface area contributed by atoms with Crippen LogP contribution in [0.4, 0.5) is 10.3 Å². The molecule has 0 N–H and O–H groups in total. The lowest BCUT2D eigenvalue weighted by Gasteiger charge is -2.21. The molecule has 0 spiro atoms. The van der Waals surface area contributed by atoms with Gasteiger partial charge in [0.05, 0.1) is 0 Å². The van der Waals surface area contributed by atoms with Gasteiger partial charge < -0.3 is 4.90 Å². The Bertz CT molecular complexity index is 428. The van der Waals surface area contributed by atoms with E-state index >= 15 is 0 Å². The molecular weight excluding hydrogens is 217 g/mol. The van der Waals surface area contributed by atoms with Crippen LogP contribution >= 0.6 is 0 Å². The highest BCUT2D eigenvalue weighted by Crippen LogP contribution is 2.69. The quantitative estimate of drug-likeness (QED) is 0.787. The van der Waals surface area contributed by atoms with Gasteiger partial charge in [0.1, 0.15) is 6.17 Å². The third-order valence-electron chi connectivity index (χ3n) is 4.76. The van der Waals surface area contributed by atoms with Crippen LogP contribution in [-0.4, -0.2) is 29.2 Å². The maximum atomic E-state index is 13.7. The van der Waals surface area contributed by atoms with Crippen LogP contribution in [0.5, 0.6) is 0 Å². The Morgan fingerprint density at radius 2 is 1.82 bits per heavy atom. The van der Waals surface area contributed by atoms with E-state index < -0.39 is 6.17 Å². The van der Waals surface area contributed by atoms with Crippen LogP contribution in [0.1, 0.15) is 26.3 Å². The van der Waals surface area contributed by atoms with E-state index in [9.17, 15) is 4.39 Å². The second-order valence-electron chi connectivity index (χ2n) is 5.80. The number of halogens is 1. The smallest absolute Gasteiger partial charge is 0.225 e. The van der Waals surface area contributed by atoms with Gasteiger partial charge in [0.2, 0.25) is 5.95 Å². The fourth-order valence-electron chi connectivity index (χ4n) is 3.09. The summed E-state index contributed by atoms with van der Waals surface area (Å²) in [6.07, 6.45) is 4.01. The zero-order valence-corrected chi connectivity index (χ0v) is 10.6. The highest BCUT2D eigenvalue weighted by Gasteiger charge is 2.76. The lowest BCUT2D eigenvalue weighted by Crippen LogP contribution is -2.29. The molecule has 1 aliphatic carbocycles. The average molecular weight is 235 g/mol. The molecule has 1 saturated heterocycles. The van der Waals surface area contributed by atoms with E-state index in [0.29, 0.717) is 0 Å². The maximum Gasteiger partial charge on any atom is 0.225 e. The Hall–Kier alpha value is -1.19. The normalized spacial score (nSPS) is 39.3. The molecule has 1 aromatic rings. The summed E-state index contributed by atoms with van der Waals surface area (Å²) in [7, 11) is 0. The number of nitrogens with zero attached hydrogens (tertiary/aromatic N) is 3. The average Bonchev–Trinajstić information content (AvgIpc) is 2.63. The predicted octanol–water partition coefficient (Wildman–Crippen LogP) is 2.22. The Kier molecular flexibility index (Phi) is 2.04. The number of anilines is 1. The summed E-state index contributed by atoms with van der Waals surface area (Å²) in [4.78, 5) is 10.8. The highest BCUT2D eigenvalue weighted by molar-refractivity contribution is 5.42. The van der Waals surface area contributed by atoms with Crippen molar-refractivity contribution in [3.8, 4) is 0 Å². The van der Waals surface area contributed by atoms with E-state index in [1.807, 2.05) is 26.2 Å². The summed E-state index contributed by atoms with van der Waals surface area (Å²) >= 11 is 0. The summed E-state index contributed by atoms with van der Waals surface area (Å²) in [5, 5.41) is 0. The van der Waals surface area contributed by atoms with E-state index in [1.165, 1.54) is 0 Å². The Balaban J connectivity index is 1.80. The van der Waals surface area contributed by atoms with Gasteiger partial charge in [0.25, 0.3) is 0 Å². The number of aromatic nitrogens is 2. The maximum absolute atomic E-state index is 13.7. The van der Waals surface area contributed by atoms with Gasteiger partial charge in [0.15, 0.2) is 0 Å². The molecule has 0 unspecified atom stereocenters. The third-order valence-corrected chi connectivity index (χ3v) is 4.76.